The summed E-state index contributed by atoms with van der Waals surface area (Å²) in [6.07, 6.45) is 0. The molecular weight excluding hydrogens is 208 g/mol. The molecule has 0 saturated carbocycles. The van der Waals surface area contributed by atoms with Gasteiger partial charge in [-0.1, -0.05) is 30.3 Å². The van der Waals surface area contributed by atoms with E-state index in [0.29, 0.717) is 6.61 Å². The van der Waals surface area contributed by atoms with Crippen molar-refractivity contribution < 1.29 is 9.53 Å². The Hall–Kier alpha value is -0.960. The van der Waals surface area contributed by atoms with Gasteiger partial charge in [-0.3, -0.25) is 4.79 Å². The zero-order valence-corrected chi connectivity index (χ0v) is 9.92. The van der Waals surface area contributed by atoms with Gasteiger partial charge in [-0.15, -0.1) is 11.8 Å². The first-order valence-corrected chi connectivity index (χ1v) is 6.11. The SMILES string of the molecule is CCOC(=O)[C@H](C)SCc1ccccc1. The molecule has 82 valence electrons. The Morgan fingerprint density at radius 3 is 2.67 bits per heavy atom. The second-order valence-electron chi connectivity index (χ2n) is 3.19. The van der Waals surface area contributed by atoms with E-state index in [9.17, 15) is 4.79 Å². The van der Waals surface area contributed by atoms with E-state index in [1.165, 1.54) is 5.56 Å². The molecule has 0 amide bonds. The molecule has 1 rings (SSSR count). The van der Waals surface area contributed by atoms with Crippen LogP contribution < -0.4 is 0 Å². The molecule has 0 aliphatic carbocycles. The van der Waals surface area contributed by atoms with Gasteiger partial charge in [-0.05, 0) is 19.4 Å². The van der Waals surface area contributed by atoms with E-state index < -0.39 is 0 Å². The maximum atomic E-state index is 11.3. The molecule has 0 heterocycles. The lowest BCUT2D eigenvalue weighted by Gasteiger charge is -2.09. The summed E-state index contributed by atoms with van der Waals surface area (Å²) in [5, 5.41) is -0.0924. The van der Waals surface area contributed by atoms with Gasteiger partial charge in [0.25, 0.3) is 0 Å². The average molecular weight is 224 g/mol. The zero-order chi connectivity index (χ0) is 11.1. The molecule has 0 fully saturated rings. The highest BCUT2D eigenvalue weighted by Crippen LogP contribution is 2.18. The zero-order valence-electron chi connectivity index (χ0n) is 9.10. The lowest BCUT2D eigenvalue weighted by molar-refractivity contribution is -0.142. The molecule has 1 aromatic rings. The van der Waals surface area contributed by atoms with E-state index in [0.717, 1.165) is 5.75 Å². The van der Waals surface area contributed by atoms with E-state index in [4.69, 9.17) is 4.74 Å². The van der Waals surface area contributed by atoms with Crippen molar-refractivity contribution in [2.45, 2.75) is 24.9 Å². The summed E-state index contributed by atoms with van der Waals surface area (Å²) >= 11 is 1.60. The summed E-state index contributed by atoms with van der Waals surface area (Å²) in [6, 6.07) is 10.1. The molecule has 0 aromatic heterocycles. The quantitative estimate of drug-likeness (QED) is 0.719. The normalized spacial score (nSPS) is 12.1. The number of rotatable bonds is 5. The van der Waals surface area contributed by atoms with Gasteiger partial charge in [0.2, 0.25) is 0 Å². The number of carbonyl (C=O) groups is 1. The van der Waals surface area contributed by atoms with Crippen LogP contribution in [0.15, 0.2) is 30.3 Å². The Kier molecular flexibility index (Phi) is 5.26. The first-order valence-electron chi connectivity index (χ1n) is 5.06. The molecule has 15 heavy (non-hydrogen) atoms. The highest BCUT2D eigenvalue weighted by atomic mass is 32.2. The van der Waals surface area contributed by atoms with Crippen LogP contribution in [-0.2, 0) is 15.3 Å². The first-order chi connectivity index (χ1) is 7.24. The van der Waals surface area contributed by atoms with E-state index in [2.05, 4.69) is 12.1 Å². The molecule has 0 N–H and O–H groups in total. The van der Waals surface area contributed by atoms with Crippen molar-refractivity contribution in [3.8, 4) is 0 Å². The van der Waals surface area contributed by atoms with Crippen molar-refractivity contribution in [2.75, 3.05) is 6.61 Å². The van der Waals surface area contributed by atoms with Crippen LogP contribution in [0.25, 0.3) is 0 Å². The summed E-state index contributed by atoms with van der Waals surface area (Å²) in [7, 11) is 0. The Labute approximate surface area is 95.0 Å². The molecule has 0 bridgehead atoms. The summed E-state index contributed by atoms with van der Waals surface area (Å²) in [4.78, 5) is 11.3. The number of esters is 1. The molecule has 0 saturated heterocycles. The summed E-state index contributed by atoms with van der Waals surface area (Å²) in [5.74, 6) is 0.722. The lowest BCUT2D eigenvalue weighted by Crippen LogP contribution is -2.16. The number of thioether (sulfide) groups is 1. The number of hydrogen-bond acceptors (Lipinski definition) is 3. The third kappa shape index (κ3) is 4.38. The Morgan fingerprint density at radius 1 is 1.40 bits per heavy atom. The minimum atomic E-state index is -0.126. The van der Waals surface area contributed by atoms with E-state index >= 15 is 0 Å². The van der Waals surface area contributed by atoms with Crippen LogP contribution in [0, 0.1) is 0 Å². The van der Waals surface area contributed by atoms with Crippen molar-refractivity contribution >= 4 is 17.7 Å². The van der Waals surface area contributed by atoms with Crippen molar-refractivity contribution in [1.82, 2.24) is 0 Å². The van der Waals surface area contributed by atoms with Crippen LogP contribution in [0.4, 0.5) is 0 Å². The lowest BCUT2D eigenvalue weighted by atomic mass is 10.2. The van der Waals surface area contributed by atoms with Gasteiger partial charge in [0.05, 0.1) is 11.9 Å². The number of benzene rings is 1. The highest BCUT2D eigenvalue weighted by molar-refractivity contribution is 7.99. The second-order valence-corrected chi connectivity index (χ2v) is 4.52. The maximum Gasteiger partial charge on any atom is 0.318 e. The molecular formula is C12H16O2S. The van der Waals surface area contributed by atoms with Gasteiger partial charge in [-0.2, -0.15) is 0 Å². The van der Waals surface area contributed by atoms with Gasteiger partial charge in [0.15, 0.2) is 0 Å². The molecule has 0 aliphatic rings. The van der Waals surface area contributed by atoms with Gasteiger partial charge in [0.1, 0.15) is 0 Å². The van der Waals surface area contributed by atoms with E-state index in [-0.39, 0.29) is 11.2 Å². The summed E-state index contributed by atoms with van der Waals surface area (Å²) < 4.78 is 4.93. The highest BCUT2D eigenvalue weighted by Gasteiger charge is 2.13. The average Bonchev–Trinajstić information content (AvgIpc) is 2.27. The molecule has 0 aliphatic heterocycles. The van der Waals surface area contributed by atoms with Crippen LogP contribution in [0.5, 0.6) is 0 Å². The van der Waals surface area contributed by atoms with Crippen molar-refractivity contribution in [2.24, 2.45) is 0 Å². The minimum Gasteiger partial charge on any atom is -0.465 e. The Morgan fingerprint density at radius 2 is 2.07 bits per heavy atom. The van der Waals surface area contributed by atoms with E-state index in [1.807, 2.05) is 32.0 Å². The van der Waals surface area contributed by atoms with Crippen LogP contribution in [-0.4, -0.2) is 17.8 Å². The van der Waals surface area contributed by atoms with Gasteiger partial charge >= 0.3 is 5.97 Å². The monoisotopic (exact) mass is 224 g/mol. The third-order valence-corrected chi connectivity index (χ3v) is 3.15. The summed E-state index contributed by atoms with van der Waals surface area (Å²) in [5.41, 5.74) is 1.23. The van der Waals surface area contributed by atoms with Crippen LogP contribution in [0.1, 0.15) is 19.4 Å². The molecule has 1 atom stereocenters. The maximum absolute atomic E-state index is 11.3. The molecule has 0 unspecified atom stereocenters. The Balaban J connectivity index is 2.34. The number of carbonyl (C=O) groups excluding carboxylic acids is 1. The molecule has 0 spiro atoms. The number of hydrogen-bond donors (Lipinski definition) is 0. The molecule has 0 radical (unpaired) electrons. The predicted molar refractivity (Wildman–Crippen MR) is 63.8 cm³/mol. The van der Waals surface area contributed by atoms with Crippen LogP contribution >= 0.6 is 11.8 Å². The molecule has 3 heteroatoms. The molecule has 1 aromatic carbocycles. The van der Waals surface area contributed by atoms with Crippen molar-refractivity contribution in [3.63, 3.8) is 0 Å². The van der Waals surface area contributed by atoms with Crippen LogP contribution in [0.3, 0.4) is 0 Å². The van der Waals surface area contributed by atoms with Crippen molar-refractivity contribution in [3.05, 3.63) is 35.9 Å². The number of ether oxygens (including phenoxy) is 1. The van der Waals surface area contributed by atoms with Gasteiger partial charge < -0.3 is 4.74 Å². The predicted octanol–water partition coefficient (Wildman–Crippen LogP) is 2.87. The van der Waals surface area contributed by atoms with Gasteiger partial charge in [-0.25, -0.2) is 0 Å². The molecule has 2 nitrogen and oxygen atoms in total. The van der Waals surface area contributed by atoms with E-state index in [1.54, 1.807) is 11.8 Å². The summed E-state index contributed by atoms with van der Waals surface area (Å²) in [6.45, 7) is 4.16. The fourth-order valence-electron chi connectivity index (χ4n) is 1.12. The standard InChI is InChI=1S/C12H16O2S/c1-3-14-12(13)10(2)15-9-11-7-5-4-6-8-11/h4-8,10H,3,9H2,1-2H3/t10-/m0/s1. The first kappa shape index (κ1) is 12.1. The van der Waals surface area contributed by atoms with Crippen molar-refractivity contribution in [1.29, 1.82) is 0 Å². The largest absolute Gasteiger partial charge is 0.465 e. The fourth-order valence-corrected chi connectivity index (χ4v) is 1.96. The second kappa shape index (κ2) is 6.51. The topological polar surface area (TPSA) is 26.3 Å². The minimum absolute atomic E-state index is 0.0924. The van der Waals surface area contributed by atoms with Crippen LogP contribution in [0.2, 0.25) is 0 Å². The smallest absolute Gasteiger partial charge is 0.318 e. The van der Waals surface area contributed by atoms with Gasteiger partial charge in [0, 0.05) is 5.75 Å². The Bertz CT molecular complexity index is 298. The third-order valence-electron chi connectivity index (χ3n) is 1.96. The fraction of sp³-hybridized carbons (Fsp3) is 0.417.